The average Bonchev–Trinajstić information content (AvgIpc) is 3.88. The topological polar surface area (TPSA) is 172 Å². The van der Waals surface area contributed by atoms with E-state index in [1.165, 1.54) is 29.8 Å². The molecule has 0 radical (unpaired) electrons. The maximum atomic E-state index is 15.2. The number of anilines is 1. The number of rotatable bonds is 11. The van der Waals surface area contributed by atoms with Crippen LogP contribution in [0.5, 0.6) is 0 Å². The van der Waals surface area contributed by atoms with Crippen molar-refractivity contribution in [1.82, 2.24) is 24.8 Å². The van der Waals surface area contributed by atoms with Crippen molar-refractivity contribution in [3.05, 3.63) is 88.1 Å². The first-order valence-corrected chi connectivity index (χ1v) is 17.7. The van der Waals surface area contributed by atoms with Crippen LogP contribution in [0.15, 0.2) is 75.7 Å². The number of amides is 2. The fourth-order valence-electron chi connectivity index (χ4n) is 6.32. The first-order chi connectivity index (χ1) is 24.2. The zero-order valence-electron chi connectivity index (χ0n) is 26.9. The van der Waals surface area contributed by atoms with Gasteiger partial charge >= 0.3 is 5.97 Å². The second-order valence-electron chi connectivity index (χ2n) is 11.9. The number of nitrogens with one attached hydrogen (secondary N) is 1. The summed E-state index contributed by atoms with van der Waals surface area (Å²) in [6.45, 7) is 2.34. The third-order valence-corrected chi connectivity index (χ3v) is 10.8. The molecule has 3 aromatic heterocycles. The highest BCUT2D eigenvalue weighted by molar-refractivity contribution is 8.00. The van der Waals surface area contributed by atoms with Crippen LogP contribution < -0.4 is 15.6 Å². The van der Waals surface area contributed by atoms with Crippen LogP contribution in [-0.4, -0.2) is 91.6 Å². The Balaban J connectivity index is 1.07. The monoisotopic (exact) mass is 718 g/mol. The normalized spacial score (nSPS) is 19.3. The lowest BCUT2D eigenvalue weighted by atomic mass is 10.0. The molecule has 50 heavy (non-hydrogen) atoms. The lowest BCUT2D eigenvalue weighted by Gasteiger charge is -2.49. The number of carboxylic acid groups (broad SMARTS) is 1. The van der Waals surface area contributed by atoms with Crippen LogP contribution in [0.4, 0.5) is 9.52 Å². The van der Waals surface area contributed by atoms with Crippen molar-refractivity contribution < 1.29 is 33.3 Å². The molecule has 2 fully saturated rings. The van der Waals surface area contributed by atoms with Gasteiger partial charge in [0.15, 0.2) is 23.6 Å². The summed E-state index contributed by atoms with van der Waals surface area (Å²) in [7, 11) is 1.28. The number of carbonyl (C=O) groups is 3. The van der Waals surface area contributed by atoms with Crippen LogP contribution in [0.1, 0.15) is 29.7 Å². The van der Waals surface area contributed by atoms with Crippen LogP contribution in [0.25, 0.3) is 11.0 Å². The van der Waals surface area contributed by atoms with Gasteiger partial charge in [0.05, 0.1) is 12.8 Å². The second kappa shape index (κ2) is 13.9. The molecule has 4 N–H and O–H groups in total. The van der Waals surface area contributed by atoms with Gasteiger partial charge in [0.1, 0.15) is 41.3 Å². The van der Waals surface area contributed by atoms with Crippen LogP contribution >= 0.6 is 23.1 Å². The number of fused-ring (bicyclic) bond motifs is 2. The molecular formula is C33H33FN9O5S2+. The van der Waals surface area contributed by atoms with Gasteiger partial charge in [0.2, 0.25) is 5.52 Å². The van der Waals surface area contributed by atoms with E-state index < -0.39 is 29.2 Å². The predicted octanol–water partition coefficient (Wildman–Crippen LogP) is 2.37. The van der Waals surface area contributed by atoms with Gasteiger partial charge in [-0.05, 0) is 30.5 Å². The van der Waals surface area contributed by atoms with Crippen molar-refractivity contribution in [3.8, 4) is 0 Å². The van der Waals surface area contributed by atoms with Gasteiger partial charge in [0, 0.05) is 53.7 Å². The van der Waals surface area contributed by atoms with Gasteiger partial charge in [-0.25, -0.2) is 14.2 Å². The molecule has 2 saturated heterocycles. The second-order valence-corrected chi connectivity index (χ2v) is 13.9. The van der Waals surface area contributed by atoms with Crippen LogP contribution in [-0.2, 0) is 32.3 Å². The Bertz CT molecular complexity index is 2090. The summed E-state index contributed by atoms with van der Waals surface area (Å²) < 4.78 is 19.0. The van der Waals surface area contributed by atoms with Crippen molar-refractivity contribution in [1.29, 1.82) is 0 Å². The molecule has 0 saturated carbocycles. The van der Waals surface area contributed by atoms with Gasteiger partial charge in [-0.2, -0.15) is 9.67 Å². The molecule has 0 spiro atoms. The van der Waals surface area contributed by atoms with Crippen molar-refractivity contribution in [2.45, 2.75) is 37.3 Å². The summed E-state index contributed by atoms with van der Waals surface area (Å²) in [5.41, 5.74) is 9.06. The highest BCUT2D eigenvalue weighted by Crippen LogP contribution is 2.40. The molecule has 0 aliphatic carbocycles. The molecule has 14 nitrogen and oxygen atoms in total. The SMILES string of the molecule is CO/N=C(\C(=O)N[C@@H]1C(=O)N2C(C(=O)O)=C(C[n+]3cccc4c3ccn4Cc3ccc(C=NN4CCCC4)cc3F)CS[C@H]12)c1csc(N)n1. The Kier molecular flexibility index (Phi) is 9.24. The lowest BCUT2D eigenvalue weighted by molar-refractivity contribution is -0.663. The number of benzene rings is 1. The van der Waals surface area contributed by atoms with E-state index in [-0.39, 0.29) is 34.6 Å². The third kappa shape index (κ3) is 6.40. The van der Waals surface area contributed by atoms with Gasteiger partial charge < -0.3 is 25.6 Å². The molecule has 1 aromatic carbocycles. The van der Waals surface area contributed by atoms with Gasteiger partial charge in [0.25, 0.3) is 11.8 Å². The minimum Gasteiger partial charge on any atom is -0.477 e. The number of β-lactam (4-membered cyclic amide) rings is 1. The highest BCUT2D eigenvalue weighted by atomic mass is 32.2. The molecule has 6 heterocycles. The van der Waals surface area contributed by atoms with Crippen molar-refractivity contribution in [2.24, 2.45) is 10.3 Å². The first kappa shape index (κ1) is 33.2. The Morgan fingerprint density at radius 3 is 2.80 bits per heavy atom. The molecule has 7 rings (SSSR count). The number of carbonyl (C=O) groups excluding carboxylic acids is 2. The van der Waals surface area contributed by atoms with Crippen molar-refractivity contribution in [2.75, 3.05) is 31.7 Å². The number of nitrogens with zero attached hydrogens (tertiary/aromatic N) is 7. The summed E-state index contributed by atoms with van der Waals surface area (Å²) in [5.74, 6) is -2.50. The number of pyridine rings is 1. The molecule has 3 aliphatic heterocycles. The van der Waals surface area contributed by atoms with E-state index in [0.717, 1.165) is 48.3 Å². The van der Waals surface area contributed by atoms with Crippen LogP contribution in [0.3, 0.4) is 0 Å². The molecule has 17 heteroatoms. The Morgan fingerprint density at radius 1 is 1.26 bits per heavy atom. The maximum absolute atomic E-state index is 15.2. The van der Waals surface area contributed by atoms with Crippen molar-refractivity contribution >= 4 is 69.0 Å². The Morgan fingerprint density at radius 2 is 2.08 bits per heavy atom. The number of nitrogen functional groups attached to an aromatic ring is 1. The van der Waals surface area contributed by atoms with E-state index in [2.05, 4.69) is 20.6 Å². The van der Waals surface area contributed by atoms with Gasteiger partial charge in [-0.1, -0.05) is 17.3 Å². The predicted molar refractivity (Wildman–Crippen MR) is 186 cm³/mol. The van der Waals surface area contributed by atoms with Crippen LogP contribution in [0, 0.1) is 5.82 Å². The minimum absolute atomic E-state index is 0.110. The number of nitrogens with two attached hydrogens (primary N) is 1. The number of hydrazone groups is 1. The summed E-state index contributed by atoms with van der Waals surface area (Å²) in [4.78, 5) is 49.1. The molecule has 258 valence electrons. The smallest absolute Gasteiger partial charge is 0.352 e. The minimum atomic E-state index is -1.24. The Labute approximate surface area is 293 Å². The molecule has 2 amide bonds. The summed E-state index contributed by atoms with van der Waals surface area (Å²) in [5, 5.41) is 24.3. The number of hydrogen-bond donors (Lipinski definition) is 3. The molecular weight excluding hydrogens is 686 g/mol. The largest absolute Gasteiger partial charge is 0.477 e. The van der Waals surface area contributed by atoms with E-state index in [0.29, 0.717) is 29.0 Å². The quantitative estimate of drug-likeness (QED) is 0.0912. The zero-order chi connectivity index (χ0) is 34.9. The zero-order valence-corrected chi connectivity index (χ0v) is 28.5. The van der Waals surface area contributed by atoms with E-state index >= 15 is 4.39 Å². The first-order valence-electron chi connectivity index (χ1n) is 15.8. The summed E-state index contributed by atoms with van der Waals surface area (Å²) >= 11 is 2.48. The molecule has 0 bridgehead atoms. The molecule has 4 aromatic rings. The number of thiazole rings is 1. The van der Waals surface area contributed by atoms with Crippen molar-refractivity contribution in [3.63, 3.8) is 0 Å². The Hall–Kier alpha value is -5.29. The standard InChI is InChI=1S/C33H32FN9O5S2/c1-48-39-26(23-18-50-33(35)37-23)29(44)38-27-30(45)43-28(32(46)47)21(17-49-31(27)43)16-40-9-4-5-24-25(40)8-12-41(24)15-20-7-6-19(13-22(20)34)14-36-42-10-2-3-11-42/h4-9,12-14,18,27,31H,2-3,10-11,15-17H2,1H3,(H3-,35,37,38,44,46,47)/p+1/b36-14?,39-26-/t27-,31-/m1/s1. The summed E-state index contributed by atoms with van der Waals surface area (Å²) in [6, 6.07) is 9.81. The molecule has 2 atom stereocenters. The lowest BCUT2D eigenvalue weighted by Crippen LogP contribution is -2.71. The molecule has 3 aliphatic rings. The fraction of sp³-hybridized carbons (Fsp3) is 0.303. The fourth-order valence-corrected chi connectivity index (χ4v) is 8.21. The van der Waals surface area contributed by atoms with Gasteiger partial charge in [-0.15, -0.1) is 23.1 Å². The third-order valence-electron chi connectivity index (χ3n) is 8.74. The van der Waals surface area contributed by atoms with E-state index in [4.69, 9.17) is 10.6 Å². The highest BCUT2D eigenvalue weighted by Gasteiger charge is 2.55. The number of carboxylic acids is 1. The molecule has 0 unspecified atom stereocenters. The average molecular weight is 719 g/mol. The van der Waals surface area contributed by atoms with Gasteiger partial charge in [-0.3, -0.25) is 19.5 Å². The number of halogens is 1. The number of hydrogen-bond acceptors (Lipinski definition) is 11. The maximum Gasteiger partial charge on any atom is 0.352 e. The number of aromatic nitrogens is 3. The van der Waals surface area contributed by atoms with E-state index in [1.54, 1.807) is 17.7 Å². The van der Waals surface area contributed by atoms with E-state index in [9.17, 15) is 19.5 Å². The summed E-state index contributed by atoms with van der Waals surface area (Å²) in [6.07, 6.45) is 7.64. The van der Waals surface area contributed by atoms with E-state index in [1.807, 2.05) is 50.8 Å². The number of aliphatic carboxylic acids is 1. The number of thioether (sulfide) groups is 1. The van der Waals surface area contributed by atoms with Crippen LogP contribution in [0.2, 0.25) is 0 Å². The number of oxime groups is 1.